The molecule has 82 valence electrons. The van der Waals surface area contributed by atoms with Crippen LogP contribution in [0.25, 0.3) is 0 Å². The predicted molar refractivity (Wildman–Crippen MR) is 57.5 cm³/mol. The zero-order valence-corrected chi connectivity index (χ0v) is 9.41. The lowest BCUT2D eigenvalue weighted by molar-refractivity contribution is -0.00466. The molecule has 2 rings (SSSR count). The third-order valence-corrected chi connectivity index (χ3v) is 3.74. The lowest BCUT2D eigenvalue weighted by Crippen LogP contribution is -2.50. The Morgan fingerprint density at radius 2 is 1.86 bits per heavy atom. The zero-order valence-electron chi connectivity index (χ0n) is 9.41. The summed E-state index contributed by atoms with van der Waals surface area (Å²) in [7, 11) is 2.24. The van der Waals surface area contributed by atoms with E-state index in [2.05, 4.69) is 23.8 Å². The summed E-state index contributed by atoms with van der Waals surface area (Å²) in [5.74, 6) is 0. The first-order chi connectivity index (χ1) is 6.77. The highest BCUT2D eigenvalue weighted by atomic mass is 16.5. The van der Waals surface area contributed by atoms with Crippen molar-refractivity contribution in [2.45, 2.75) is 31.8 Å². The van der Waals surface area contributed by atoms with E-state index in [1.54, 1.807) is 0 Å². The summed E-state index contributed by atoms with van der Waals surface area (Å²) >= 11 is 0. The van der Waals surface area contributed by atoms with Crippen molar-refractivity contribution in [2.24, 2.45) is 0 Å². The molecule has 0 aromatic carbocycles. The fourth-order valence-electron chi connectivity index (χ4n) is 2.54. The maximum Gasteiger partial charge on any atom is 0.0594 e. The average molecular weight is 198 g/mol. The van der Waals surface area contributed by atoms with Gasteiger partial charge < -0.3 is 9.64 Å². The Balaban J connectivity index is 1.85. The highest BCUT2D eigenvalue weighted by Gasteiger charge is 2.27. The molecule has 2 saturated heterocycles. The van der Waals surface area contributed by atoms with Gasteiger partial charge in [-0.2, -0.15) is 0 Å². The van der Waals surface area contributed by atoms with Crippen molar-refractivity contribution in [1.82, 2.24) is 9.80 Å². The summed E-state index contributed by atoms with van der Waals surface area (Å²) in [5, 5.41) is 0. The summed E-state index contributed by atoms with van der Waals surface area (Å²) in [6.07, 6.45) is 2.66. The Bertz CT molecular complexity index is 180. The minimum atomic E-state index is 0.747. The predicted octanol–water partition coefficient (Wildman–Crippen LogP) is 0.801. The quantitative estimate of drug-likeness (QED) is 0.620. The first-order valence-corrected chi connectivity index (χ1v) is 5.79. The molecule has 0 bridgehead atoms. The van der Waals surface area contributed by atoms with E-state index in [1.165, 1.54) is 19.4 Å². The van der Waals surface area contributed by atoms with Crippen LogP contribution in [-0.4, -0.2) is 61.8 Å². The summed E-state index contributed by atoms with van der Waals surface area (Å²) in [4.78, 5) is 5.09. The molecule has 3 nitrogen and oxygen atoms in total. The Kier molecular flexibility index (Phi) is 3.42. The Labute approximate surface area is 87.0 Å². The van der Waals surface area contributed by atoms with E-state index < -0.39 is 0 Å². The number of ether oxygens (including phenoxy) is 1. The molecule has 0 saturated carbocycles. The third-order valence-electron chi connectivity index (χ3n) is 3.74. The van der Waals surface area contributed by atoms with Crippen LogP contribution in [0.15, 0.2) is 0 Å². The second-order valence-electron chi connectivity index (χ2n) is 4.66. The molecule has 2 atom stereocenters. The van der Waals surface area contributed by atoms with Gasteiger partial charge in [-0.1, -0.05) is 0 Å². The Morgan fingerprint density at radius 1 is 1.14 bits per heavy atom. The molecule has 0 aliphatic carbocycles. The molecule has 3 heteroatoms. The van der Waals surface area contributed by atoms with Gasteiger partial charge in [0.1, 0.15) is 0 Å². The Hall–Kier alpha value is -0.120. The van der Waals surface area contributed by atoms with Crippen LogP contribution in [0.5, 0.6) is 0 Å². The summed E-state index contributed by atoms with van der Waals surface area (Å²) in [6.45, 7) is 7.74. The van der Waals surface area contributed by atoms with Crippen LogP contribution in [-0.2, 0) is 4.74 Å². The molecular weight excluding hydrogens is 176 g/mol. The van der Waals surface area contributed by atoms with Crippen LogP contribution in [0.4, 0.5) is 0 Å². The molecule has 0 aromatic heterocycles. The van der Waals surface area contributed by atoms with Gasteiger partial charge in [0.2, 0.25) is 0 Å². The standard InChI is InChI=1S/C11H22N2O/c1-10-9-11(3-4-12(10)2)13-5-7-14-8-6-13/h10-11H,3-9H2,1-2H3. The van der Waals surface area contributed by atoms with Crippen molar-refractivity contribution in [1.29, 1.82) is 0 Å². The molecule has 2 heterocycles. The van der Waals surface area contributed by atoms with Gasteiger partial charge in [0.15, 0.2) is 0 Å². The van der Waals surface area contributed by atoms with Gasteiger partial charge in [0.05, 0.1) is 13.2 Å². The molecule has 0 radical (unpaired) electrons. The van der Waals surface area contributed by atoms with Crippen LogP contribution in [0, 0.1) is 0 Å². The lowest BCUT2D eigenvalue weighted by Gasteiger charge is -2.42. The minimum absolute atomic E-state index is 0.747. The topological polar surface area (TPSA) is 15.7 Å². The van der Waals surface area contributed by atoms with E-state index in [9.17, 15) is 0 Å². The lowest BCUT2D eigenvalue weighted by atomic mass is 9.97. The van der Waals surface area contributed by atoms with Crippen molar-refractivity contribution in [2.75, 3.05) is 39.9 Å². The molecular formula is C11H22N2O. The molecule has 2 aliphatic rings. The number of nitrogens with zero attached hydrogens (tertiary/aromatic N) is 2. The fraction of sp³-hybridized carbons (Fsp3) is 1.00. The zero-order chi connectivity index (χ0) is 9.97. The number of piperidine rings is 1. The highest BCUT2D eigenvalue weighted by molar-refractivity contribution is 4.84. The number of morpholine rings is 1. The second-order valence-corrected chi connectivity index (χ2v) is 4.66. The molecule has 0 aromatic rings. The van der Waals surface area contributed by atoms with E-state index in [0.717, 1.165) is 38.4 Å². The van der Waals surface area contributed by atoms with Crippen molar-refractivity contribution < 1.29 is 4.74 Å². The summed E-state index contributed by atoms with van der Waals surface area (Å²) < 4.78 is 5.39. The van der Waals surface area contributed by atoms with Gasteiger partial charge in [-0.3, -0.25) is 4.90 Å². The van der Waals surface area contributed by atoms with Crippen LogP contribution in [0.3, 0.4) is 0 Å². The normalized spacial score (nSPS) is 37.3. The molecule has 0 amide bonds. The smallest absolute Gasteiger partial charge is 0.0594 e. The molecule has 2 fully saturated rings. The molecule has 0 spiro atoms. The monoisotopic (exact) mass is 198 g/mol. The number of likely N-dealkylation sites (tertiary alicyclic amines) is 1. The van der Waals surface area contributed by atoms with Crippen molar-refractivity contribution in [3.63, 3.8) is 0 Å². The highest BCUT2D eigenvalue weighted by Crippen LogP contribution is 2.21. The van der Waals surface area contributed by atoms with Crippen LogP contribution in [0.1, 0.15) is 19.8 Å². The van der Waals surface area contributed by atoms with E-state index in [0.29, 0.717) is 0 Å². The van der Waals surface area contributed by atoms with Gasteiger partial charge in [0, 0.05) is 25.2 Å². The number of hydrogen-bond acceptors (Lipinski definition) is 3. The van der Waals surface area contributed by atoms with Gasteiger partial charge in [-0.15, -0.1) is 0 Å². The second kappa shape index (κ2) is 4.60. The molecule has 14 heavy (non-hydrogen) atoms. The molecule has 0 N–H and O–H groups in total. The SMILES string of the molecule is CC1CC(N2CCOCC2)CCN1C. The third kappa shape index (κ3) is 2.27. The average Bonchev–Trinajstić information content (AvgIpc) is 2.23. The minimum Gasteiger partial charge on any atom is -0.379 e. The van der Waals surface area contributed by atoms with E-state index in [1.807, 2.05) is 0 Å². The van der Waals surface area contributed by atoms with Gasteiger partial charge in [-0.25, -0.2) is 0 Å². The molecule has 2 aliphatic heterocycles. The van der Waals surface area contributed by atoms with Gasteiger partial charge >= 0.3 is 0 Å². The van der Waals surface area contributed by atoms with E-state index in [4.69, 9.17) is 4.74 Å². The van der Waals surface area contributed by atoms with Crippen LogP contribution >= 0.6 is 0 Å². The van der Waals surface area contributed by atoms with Crippen molar-refractivity contribution >= 4 is 0 Å². The van der Waals surface area contributed by atoms with Gasteiger partial charge in [0.25, 0.3) is 0 Å². The summed E-state index contributed by atoms with van der Waals surface area (Å²) in [6, 6.07) is 1.56. The van der Waals surface area contributed by atoms with Crippen molar-refractivity contribution in [3.8, 4) is 0 Å². The maximum absolute atomic E-state index is 5.39. The fourth-order valence-corrected chi connectivity index (χ4v) is 2.54. The van der Waals surface area contributed by atoms with E-state index in [-0.39, 0.29) is 0 Å². The number of rotatable bonds is 1. The largest absolute Gasteiger partial charge is 0.379 e. The van der Waals surface area contributed by atoms with Crippen LogP contribution in [0.2, 0.25) is 0 Å². The van der Waals surface area contributed by atoms with E-state index >= 15 is 0 Å². The number of hydrogen-bond donors (Lipinski definition) is 0. The summed E-state index contributed by atoms with van der Waals surface area (Å²) in [5.41, 5.74) is 0. The molecule has 2 unspecified atom stereocenters. The van der Waals surface area contributed by atoms with Crippen LogP contribution < -0.4 is 0 Å². The maximum atomic E-state index is 5.39. The van der Waals surface area contributed by atoms with Gasteiger partial charge in [-0.05, 0) is 33.4 Å². The Morgan fingerprint density at radius 3 is 2.50 bits per heavy atom. The van der Waals surface area contributed by atoms with Crippen molar-refractivity contribution in [3.05, 3.63) is 0 Å². The first-order valence-electron chi connectivity index (χ1n) is 5.79. The first kappa shape index (κ1) is 10.4.